The van der Waals surface area contributed by atoms with Gasteiger partial charge in [0.2, 0.25) is 5.91 Å². The molecular weight excluding hydrogens is 316 g/mol. The van der Waals surface area contributed by atoms with Gasteiger partial charge in [-0.25, -0.2) is 4.98 Å². The number of unbranched alkanes of at least 4 members (excludes halogenated alkanes) is 1. The van der Waals surface area contributed by atoms with Gasteiger partial charge in [0, 0.05) is 33.2 Å². The van der Waals surface area contributed by atoms with Gasteiger partial charge in [-0.3, -0.25) is 9.59 Å². The minimum absolute atomic E-state index is 0.00278. The van der Waals surface area contributed by atoms with E-state index in [9.17, 15) is 9.59 Å². The summed E-state index contributed by atoms with van der Waals surface area (Å²) >= 11 is 0. The van der Waals surface area contributed by atoms with Crippen molar-refractivity contribution in [3.05, 3.63) is 17.7 Å². The lowest BCUT2D eigenvalue weighted by atomic mass is 9.94. The molecule has 0 aliphatic carbocycles. The van der Waals surface area contributed by atoms with Gasteiger partial charge >= 0.3 is 0 Å². The largest absolute Gasteiger partial charge is 0.342 e. The normalized spacial score (nSPS) is 20.2. The van der Waals surface area contributed by atoms with E-state index in [1.54, 1.807) is 11.2 Å². The highest BCUT2D eigenvalue weighted by Crippen LogP contribution is 2.25. The molecule has 3 rings (SSSR count). The second kappa shape index (κ2) is 8.02. The molecular formula is C19H30N4O2. The molecule has 2 aliphatic rings. The highest BCUT2D eigenvalue weighted by molar-refractivity contribution is 5.93. The highest BCUT2D eigenvalue weighted by Gasteiger charge is 2.32. The molecule has 1 aromatic rings. The first kappa shape index (κ1) is 18.0. The molecule has 1 fully saturated rings. The van der Waals surface area contributed by atoms with Crippen LogP contribution in [0.4, 0.5) is 0 Å². The number of imidazole rings is 1. The number of aromatic nitrogens is 2. The van der Waals surface area contributed by atoms with Crippen molar-refractivity contribution in [1.29, 1.82) is 0 Å². The fourth-order valence-electron chi connectivity index (χ4n) is 3.90. The maximum absolute atomic E-state index is 12.7. The number of likely N-dealkylation sites (tertiary alicyclic amines) is 1. The van der Waals surface area contributed by atoms with Gasteiger partial charge in [0.15, 0.2) is 0 Å². The molecule has 1 aromatic heterocycles. The summed E-state index contributed by atoms with van der Waals surface area (Å²) in [7, 11) is 1.84. The summed E-state index contributed by atoms with van der Waals surface area (Å²) in [5.41, 5.74) is 1.57. The molecule has 138 valence electrons. The van der Waals surface area contributed by atoms with E-state index >= 15 is 0 Å². The number of piperidine rings is 1. The molecule has 0 saturated carbocycles. The number of hydrogen-bond acceptors (Lipinski definition) is 3. The zero-order valence-electron chi connectivity index (χ0n) is 15.5. The number of fused-ring (bicyclic) bond motifs is 1. The van der Waals surface area contributed by atoms with Gasteiger partial charge in [0.05, 0.1) is 17.9 Å². The molecule has 0 N–H and O–H groups in total. The minimum atomic E-state index is 0.00278. The molecule has 0 bridgehead atoms. The van der Waals surface area contributed by atoms with Gasteiger partial charge in [-0.05, 0) is 38.5 Å². The number of rotatable bonds is 5. The van der Waals surface area contributed by atoms with Gasteiger partial charge in [0.25, 0.3) is 5.91 Å². The summed E-state index contributed by atoms with van der Waals surface area (Å²) in [5, 5.41) is 0. The third-order valence-electron chi connectivity index (χ3n) is 5.51. The van der Waals surface area contributed by atoms with E-state index in [-0.39, 0.29) is 17.7 Å². The molecule has 3 heterocycles. The molecule has 1 atom stereocenters. The molecule has 6 heteroatoms. The quantitative estimate of drug-likeness (QED) is 0.822. The van der Waals surface area contributed by atoms with E-state index in [1.165, 1.54) is 6.42 Å². The zero-order chi connectivity index (χ0) is 17.8. The molecule has 2 aliphatic heterocycles. The van der Waals surface area contributed by atoms with Crippen LogP contribution in [0.1, 0.15) is 61.6 Å². The first-order valence-electron chi connectivity index (χ1n) is 9.70. The average Bonchev–Trinajstić information content (AvgIpc) is 3.08. The van der Waals surface area contributed by atoms with Crippen LogP contribution in [0.15, 0.2) is 6.33 Å². The minimum Gasteiger partial charge on any atom is -0.342 e. The molecule has 6 nitrogen and oxygen atoms in total. The third kappa shape index (κ3) is 3.88. The fraction of sp³-hybridized carbons (Fsp3) is 0.737. The maximum atomic E-state index is 12.7. The molecule has 1 saturated heterocycles. The number of carbonyl (C=O) groups is 2. The van der Waals surface area contributed by atoms with Gasteiger partial charge in [-0.1, -0.05) is 13.3 Å². The van der Waals surface area contributed by atoms with Crippen LogP contribution in [0.5, 0.6) is 0 Å². The highest BCUT2D eigenvalue weighted by atomic mass is 16.2. The van der Waals surface area contributed by atoms with E-state index in [1.807, 2.05) is 16.5 Å². The molecule has 0 spiro atoms. The Labute approximate surface area is 150 Å². The lowest BCUT2D eigenvalue weighted by molar-refractivity contribution is -0.137. The molecule has 2 amide bonds. The van der Waals surface area contributed by atoms with Crippen LogP contribution < -0.4 is 0 Å². The Bertz CT molecular complexity index is 619. The van der Waals surface area contributed by atoms with Crippen LogP contribution in [0.25, 0.3) is 0 Å². The summed E-state index contributed by atoms with van der Waals surface area (Å²) in [6, 6.07) is 0. The summed E-state index contributed by atoms with van der Waals surface area (Å²) in [6.45, 7) is 5.34. The van der Waals surface area contributed by atoms with Crippen molar-refractivity contribution in [2.24, 2.45) is 5.92 Å². The van der Waals surface area contributed by atoms with Gasteiger partial charge in [0.1, 0.15) is 5.69 Å². The first-order valence-corrected chi connectivity index (χ1v) is 9.70. The number of amides is 2. The van der Waals surface area contributed by atoms with Crippen LogP contribution in [0, 0.1) is 5.92 Å². The Morgan fingerprint density at radius 3 is 2.76 bits per heavy atom. The number of carbonyl (C=O) groups excluding carboxylic acids is 2. The van der Waals surface area contributed by atoms with Crippen LogP contribution in [0.2, 0.25) is 0 Å². The topological polar surface area (TPSA) is 58.4 Å². The lowest BCUT2D eigenvalue weighted by Crippen LogP contribution is -2.42. The average molecular weight is 346 g/mol. The van der Waals surface area contributed by atoms with E-state index in [0.29, 0.717) is 12.2 Å². The Hall–Kier alpha value is -1.85. The predicted octanol–water partition coefficient (Wildman–Crippen LogP) is 2.33. The zero-order valence-corrected chi connectivity index (χ0v) is 15.5. The van der Waals surface area contributed by atoms with Crippen molar-refractivity contribution >= 4 is 11.8 Å². The van der Waals surface area contributed by atoms with Crippen molar-refractivity contribution in [3.63, 3.8) is 0 Å². The predicted molar refractivity (Wildman–Crippen MR) is 96.3 cm³/mol. The SMILES string of the molecule is CCCCN(C)C(=O)c1ncn2c1CCC(C(=O)N1CCCCC1)C2. The van der Waals surface area contributed by atoms with Crippen molar-refractivity contribution in [1.82, 2.24) is 19.4 Å². The summed E-state index contributed by atoms with van der Waals surface area (Å²) < 4.78 is 2.02. The fourth-order valence-corrected chi connectivity index (χ4v) is 3.90. The Balaban J connectivity index is 1.66. The first-order chi connectivity index (χ1) is 12.1. The van der Waals surface area contributed by atoms with Crippen molar-refractivity contribution in [2.75, 3.05) is 26.7 Å². The van der Waals surface area contributed by atoms with Gasteiger partial charge < -0.3 is 14.4 Å². The smallest absolute Gasteiger partial charge is 0.274 e. The molecule has 1 unspecified atom stereocenters. The standard InChI is InChI=1S/C19H30N4O2/c1-3-4-10-21(2)19(25)17-16-9-8-15(13-23(16)14-20-17)18(24)22-11-6-5-7-12-22/h14-15H,3-13H2,1-2H3. The van der Waals surface area contributed by atoms with E-state index < -0.39 is 0 Å². The van der Waals surface area contributed by atoms with Gasteiger partial charge in [-0.15, -0.1) is 0 Å². The monoisotopic (exact) mass is 346 g/mol. The summed E-state index contributed by atoms with van der Waals surface area (Å²) in [5.74, 6) is 0.315. The second-order valence-corrected chi connectivity index (χ2v) is 7.39. The molecule has 25 heavy (non-hydrogen) atoms. The van der Waals surface area contributed by atoms with E-state index in [4.69, 9.17) is 0 Å². The number of nitrogens with zero attached hydrogens (tertiary/aromatic N) is 4. The molecule has 0 radical (unpaired) electrons. The second-order valence-electron chi connectivity index (χ2n) is 7.39. The molecule has 0 aromatic carbocycles. The maximum Gasteiger partial charge on any atom is 0.274 e. The lowest BCUT2D eigenvalue weighted by Gasteiger charge is -2.32. The van der Waals surface area contributed by atoms with Crippen LogP contribution in [-0.4, -0.2) is 57.8 Å². The summed E-state index contributed by atoms with van der Waals surface area (Å²) in [4.78, 5) is 33.5. The van der Waals surface area contributed by atoms with Crippen LogP contribution >= 0.6 is 0 Å². The van der Waals surface area contributed by atoms with Crippen molar-refractivity contribution in [2.45, 2.75) is 58.4 Å². The van der Waals surface area contributed by atoms with Crippen LogP contribution in [-0.2, 0) is 17.8 Å². The van der Waals surface area contributed by atoms with E-state index in [0.717, 1.165) is 63.9 Å². The third-order valence-corrected chi connectivity index (χ3v) is 5.51. The Morgan fingerprint density at radius 2 is 2.04 bits per heavy atom. The van der Waals surface area contributed by atoms with Crippen molar-refractivity contribution in [3.8, 4) is 0 Å². The van der Waals surface area contributed by atoms with Gasteiger partial charge in [-0.2, -0.15) is 0 Å². The van der Waals surface area contributed by atoms with E-state index in [2.05, 4.69) is 11.9 Å². The van der Waals surface area contributed by atoms with Crippen molar-refractivity contribution < 1.29 is 9.59 Å². The number of hydrogen-bond donors (Lipinski definition) is 0. The Morgan fingerprint density at radius 1 is 1.28 bits per heavy atom. The summed E-state index contributed by atoms with van der Waals surface area (Å²) in [6.07, 6.45) is 8.87. The van der Waals surface area contributed by atoms with Crippen LogP contribution in [0.3, 0.4) is 0 Å². The Kier molecular flexibility index (Phi) is 5.76.